The molecule has 1 fully saturated rings. The fraction of sp³-hybridized carbons (Fsp3) is 0.609. The minimum Gasteiger partial charge on any atom is -0.370 e. The lowest BCUT2D eigenvalue weighted by molar-refractivity contribution is -0.119. The summed E-state index contributed by atoms with van der Waals surface area (Å²) in [5.41, 5.74) is 8.15. The Morgan fingerprint density at radius 3 is 2.68 bits per heavy atom. The number of nitrogens with zero attached hydrogens (tertiary/aromatic N) is 1. The Bertz CT molecular complexity index is 768. The van der Waals surface area contributed by atoms with Crippen LogP contribution >= 0.6 is 0 Å². The first kappa shape index (κ1) is 20.9. The first-order valence-corrected chi connectivity index (χ1v) is 10.6. The van der Waals surface area contributed by atoms with Crippen LogP contribution in [0, 0.1) is 11.3 Å². The van der Waals surface area contributed by atoms with Gasteiger partial charge in [-0.05, 0) is 61.9 Å². The summed E-state index contributed by atoms with van der Waals surface area (Å²) in [5, 5.41) is 5.15. The monoisotopic (exact) mass is 384 g/mol. The van der Waals surface area contributed by atoms with Crippen LogP contribution in [-0.4, -0.2) is 48.0 Å². The van der Waals surface area contributed by atoms with Crippen LogP contribution in [0.25, 0.3) is 10.9 Å². The number of para-hydroxylation sites is 1. The zero-order chi connectivity index (χ0) is 20.1. The highest BCUT2D eigenvalue weighted by molar-refractivity contribution is 5.83. The van der Waals surface area contributed by atoms with Crippen molar-refractivity contribution in [3.8, 4) is 0 Å². The van der Waals surface area contributed by atoms with Crippen LogP contribution in [-0.2, 0) is 11.2 Å². The van der Waals surface area contributed by atoms with Crippen molar-refractivity contribution in [1.82, 2.24) is 15.2 Å². The van der Waals surface area contributed by atoms with Crippen LogP contribution in [0.5, 0.6) is 0 Å². The first-order chi connectivity index (χ1) is 13.3. The van der Waals surface area contributed by atoms with E-state index in [2.05, 4.69) is 66.4 Å². The molecule has 1 amide bonds. The quantitative estimate of drug-likeness (QED) is 0.654. The predicted molar refractivity (Wildman–Crippen MR) is 116 cm³/mol. The van der Waals surface area contributed by atoms with E-state index in [9.17, 15) is 4.79 Å². The second-order valence-corrected chi connectivity index (χ2v) is 9.40. The van der Waals surface area contributed by atoms with Crippen molar-refractivity contribution in [3.63, 3.8) is 0 Å². The number of rotatable bonds is 8. The SMILES string of the molecule is CC(C)(C)C(CN1CCC(CC(N)=O)CC1)NCCc1c[nH]c2ccccc12. The number of likely N-dealkylation sites (tertiary alicyclic amines) is 1. The van der Waals surface area contributed by atoms with Crippen LogP contribution in [0.15, 0.2) is 30.5 Å². The third kappa shape index (κ3) is 5.58. The van der Waals surface area contributed by atoms with E-state index in [1.165, 1.54) is 16.5 Å². The first-order valence-electron chi connectivity index (χ1n) is 10.6. The van der Waals surface area contributed by atoms with Crippen LogP contribution in [0.3, 0.4) is 0 Å². The number of amides is 1. The average molecular weight is 385 g/mol. The number of nitrogens with one attached hydrogen (secondary N) is 2. The number of aromatic nitrogens is 1. The van der Waals surface area contributed by atoms with Crippen LogP contribution < -0.4 is 11.1 Å². The maximum Gasteiger partial charge on any atom is 0.217 e. The predicted octanol–water partition coefficient (Wildman–Crippen LogP) is 3.30. The molecule has 1 aliphatic rings. The summed E-state index contributed by atoms with van der Waals surface area (Å²) in [6, 6.07) is 8.94. The van der Waals surface area contributed by atoms with Gasteiger partial charge in [0.25, 0.3) is 0 Å². The Morgan fingerprint density at radius 1 is 1.29 bits per heavy atom. The van der Waals surface area contributed by atoms with Crippen molar-refractivity contribution in [2.45, 2.75) is 52.5 Å². The molecule has 0 radical (unpaired) electrons. The normalized spacial score (nSPS) is 17.8. The Labute approximate surface area is 169 Å². The maximum absolute atomic E-state index is 11.2. The molecule has 0 saturated carbocycles. The van der Waals surface area contributed by atoms with E-state index in [0.29, 0.717) is 18.4 Å². The molecule has 4 N–H and O–H groups in total. The molecule has 1 aromatic heterocycles. The van der Waals surface area contributed by atoms with Gasteiger partial charge in [0, 0.05) is 36.1 Å². The largest absolute Gasteiger partial charge is 0.370 e. The molecular formula is C23H36N4O. The van der Waals surface area contributed by atoms with Crippen molar-refractivity contribution in [1.29, 1.82) is 0 Å². The van der Waals surface area contributed by atoms with E-state index >= 15 is 0 Å². The van der Waals surface area contributed by atoms with Gasteiger partial charge in [0.05, 0.1) is 0 Å². The number of hydrogen-bond acceptors (Lipinski definition) is 3. The second kappa shape index (κ2) is 9.10. The second-order valence-electron chi connectivity index (χ2n) is 9.40. The highest BCUT2D eigenvalue weighted by atomic mass is 16.1. The van der Waals surface area contributed by atoms with Crippen molar-refractivity contribution < 1.29 is 4.79 Å². The summed E-state index contributed by atoms with van der Waals surface area (Å²) in [6.07, 6.45) is 5.86. The lowest BCUT2D eigenvalue weighted by atomic mass is 9.85. The number of benzene rings is 1. The molecular weight excluding hydrogens is 348 g/mol. The van der Waals surface area contributed by atoms with Crippen LogP contribution in [0.2, 0.25) is 0 Å². The molecule has 1 saturated heterocycles. The summed E-state index contributed by atoms with van der Waals surface area (Å²) >= 11 is 0. The average Bonchev–Trinajstić information content (AvgIpc) is 3.04. The van der Waals surface area contributed by atoms with Gasteiger partial charge >= 0.3 is 0 Å². The van der Waals surface area contributed by atoms with E-state index in [0.717, 1.165) is 45.4 Å². The minimum absolute atomic E-state index is 0.162. The van der Waals surface area contributed by atoms with E-state index in [1.54, 1.807) is 0 Å². The van der Waals surface area contributed by atoms with Crippen LogP contribution in [0.4, 0.5) is 0 Å². The van der Waals surface area contributed by atoms with Gasteiger partial charge in [0.1, 0.15) is 0 Å². The van der Waals surface area contributed by atoms with Crippen molar-refractivity contribution in [2.75, 3.05) is 26.2 Å². The van der Waals surface area contributed by atoms with Gasteiger partial charge in [-0.3, -0.25) is 4.79 Å². The molecule has 2 heterocycles. The molecule has 1 unspecified atom stereocenters. The molecule has 1 aromatic carbocycles. The number of carbonyl (C=O) groups excluding carboxylic acids is 1. The maximum atomic E-state index is 11.2. The molecule has 154 valence electrons. The molecule has 3 rings (SSSR count). The molecule has 28 heavy (non-hydrogen) atoms. The summed E-state index contributed by atoms with van der Waals surface area (Å²) in [7, 11) is 0. The number of hydrogen-bond donors (Lipinski definition) is 3. The third-order valence-electron chi connectivity index (χ3n) is 6.14. The number of H-pyrrole nitrogens is 1. The lowest BCUT2D eigenvalue weighted by Gasteiger charge is -2.39. The van der Waals surface area contributed by atoms with Gasteiger partial charge in [-0.25, -0.2) is 0 Å². The van der Waals surface area contributed by atoms with E-state index in [4.69, 9.17) is 5.73 Å². The Balaban J connectivity index is 1.51. The van der Waals surface area contributed by atoms with Gasteiger partial charge in [0.15, 0.2) is 0 Å². The Kier molecular flexibility index (Phi) is 6.78. The van der Waals surface area contributed by atoms with Gasteiger partial charge in [0.2, 0.25) is 5.91 Å². The smallest absolute Gasteiger partial charge is 0.217 e. The van der Waals surface area contributed by atoms with Gasteiger partial charge < -0.3 is 20.9 Å². The topological polar surface area (TPSA) is 74.2 Å². The minimum atomic E-state index is -0.162. The standard InChI is InChI=1S/C23H36N4O/c1-23(2,3)21(16-27-12-9-17(10-13-27)14-22(24)28)25-11-8-18-15-26-20-7-5-4-6-19(18)20/h4-7,15,17,21,25-26H,8-14,16H2,1-3H3,(H2,24,28). The molecule has 5 heteroatoms. The summed E-state index contributed by atoms with van der Waals surface area (Å²) in [5.74, 6) is 0.307. The Hall–Kier alpha value is -1.85. The zero-order valence-electron chi connectivity index (χ0n) is 17.6. The van der Waals surface area contributed by atoms with Crippen molar-refractivity contribution in [2.24, 2.45) is 17.1 Å². The highest BCUT2D eigenvalue weighted by Gasteiger charge is 2.28. The molecule has 0 spiro atoms. The number of piperidine rings is 1. The van der Waals surface area contributed by atoms with E-state index in [-0.39, 0.29) is 11.3 Å². The zero-order valence-corrected chi connectivity index (χ0v) is 17.6. The summed E-state index contributed by atoms with van der Waals surface area (Å²) in [4.78, 5) is 17.1. The highest BCUT2D eigenvalue weighted by Crippen LogP contribution is 2.25. The number of fused-ring (bicyclic) bond motifs is 1. The number of primary amides is 1. The van der Waals surface area contributed by atoms with Gasteiger partial charge in [-0.2, -0.15) is 0 Å². The van der Waals surface area contributed by atoms with Crippen molar-refractivity contribution in [3.05, 3.63) is 36.0 Å². The molecule has 0 aliphatic carbocycles. The van der Waals surface area contributed by atoms with Gasteiger partial charge in [-0.1, -0.05) is 39.0 Å². The summed E-state index contributed by atoms with van der Waals surface area (Å²) < 4.78 is 0. The van der Waals surface area contributed by atoms with E-state index in [1.807, 2.05) is 0 Å². The lowest BCUT2D eigenvalue weighted by Crippen LogP contribution is -2.50. The van der Waals surface area contributed by atoms with Crippen LogP contribution in [0.1, 0.15) is 45.6 Å². The molecule has 1 atom stereocenters. The molecule has 0 bridgehead atoms. The summed E-state index contributed by atoms with van der Waals surface area (Å²) in [6.45, 7) is 11.1. The molecule has 5 nitrogen and oxygen atoms in total. The fourth-order valence-corrected chi connectivity index (χ4v) is 4.28. The molecule has 2 aromatic rings. The number of nitrogens with two attached hydrogens (primary N) is 1. The number of aromatic amines is 1. The van der Waals surface area contributed by atoms with Crippen molar-refractivity contribution >= 4 is 16.8 Å². The van der Waals surface area contributed by atoms with Gasteiger partial charge in [-0.15, -0.1) is 0 Å². The Morgan fingerprint density at radius 2 is 2.00 bits per heavy atom. The number of carbonyl (C=O) groups is 1. The fourth-order valence-electron chi connectivity index (χ4n) is 4.28. The third-order valence-corrected chi connectivity index (χ3v) is 6.14. The van der Waals surface area contributed by atoms with E-state index < -0.39 is 0 Å². The molecule has 1 aliphatic heterocycles.